The average Bonchev–Trinajstić information content (AvgIpc) is 2.72. The molecule has 1 aromatic carbocycles. The van der Waals surface area contributed by atoms with Gasteiger partial charge in [0.25, 0.3) is 0 Å². The molecule has 0 unspecified atom stereocenters. The SMILES string of the molecule is CC(C)(C)c1ccc(-c2cc(N)c(F)cc2F)s1. The number of halogens is 2. The van der Waals surface area contributed by atoms with Crippen LogP contribution in [0, 0.1) is 11.6 Å². The van der Waals surface area contributed by atoms with E-state index in [0.717, 1.165) is 15.8 Å². The first-order valence-electron chi connectivity index (χ1n) is 5.64. The lowest BCUT2D eigenvalue weighted by molar-refractivity contribution is 0.589. The van der Waals surface area contributed by atoms with E-state index in [1.54, 1.807) is 0 Å². The molecule has 0 atom stereocenters. The molecular formula is C14H15F2NS. The van der Waals surface area contributed by atoms with Crippen LogP contribution in [-0.4, -0.2) is 0 Å². The van der Waals surface area contributed by atoms with Crippen molar-refractivity contribution in [3.05, 3.63) is 40.8 Å². The summed E-state index contributed by atoms with van der Waals surface area (Å²) in [6.07, 6.45) is 0. The monoisotopic (exact) mass is 267 g/mol. The number of benzene rings is 1. The normalized spacial score (nSPS) is 11.8. The lowest BCUT2D eigenvalue weighted by Crippen LogP contribution is -2.07. The Bertz CT molecular complexity index is 582. The number of nitrogen functional groups attached to an aromatic ring is 1. The van der Waals surface area contributed by atoms with Crippen LogP contribution in [0.5, 0.6) is 0 Å². The van der Waals surface area contributed by atoms with E-state index in [1.165, 1.54) is 17.4 Å². The molecule has 0 saturated heterocycles. The molecule has 0 spiro atoms. The first-order valence-corrected chi connectivity index (χ1v) is 6.46. The Morgan fingerprint density at radius 1 is 1.06 bits per heavy atom. The Hall–Kier alpha value is -1.42. The molecule has 1 nitrogen and oxygen atoms in total. The highest BCUT2D eigenvalue weighted by Crippen LogP contribution is 2.37. The van der Waals surface area contributed by atoms with E-state index >= 15 is 0 Å². The minimum absolute atomic E-state index is 0.0188. The van der Waals surface area contributed by atoms with Crippen LogP contribution >= 0.6 is 11.3 Å². The van der Waals surface area contributed by atoms with Gasteiger partial charge in [-0.1, -0.05) is 20.8 Å². The molecule has 4 heteroatoms. The topological polar surface area (TPSA) is 26.0 Å². The van der Waals surface area contributed by atoms with Gasteiger partial charge in [0.15, 0.2) is 0 Å². The van der Waals surface area contributed by atoms with Crippen LogP contribution in [-0.2, 0) is 5.41 Å². The molecule has 2 rings (SSSR count). The standard InChI is InChI=1S/C14H15F2NS/c1-14(2,3)13-5-4-12(18-13)8-6-11(17)10(16)7-9(8)15/h4-7H,17H2,1-3H3. The van der Waals surface area contributed by atoms with Gasteiger partial charge in [-0.05, 0) is 23.6 Å². The third kappa shape index (κ3) is 2.38. The van der Waals surface area contributed by atoms with Crippen LogP contribution in [0.2, 0.25) is 0 Å². The number of hydrogen-bond donors (Lipinski definition) is 1. The van der Waals surface area contributed by atoms with Gasteiger partial charge in [0.2, 0.25) is 0 Å². The lowest BCUT2D eigenvalue weighted by Gasteiger charge is -2.15. The molecule has 0 aliphatic carbocycles. The summed E-state index contributed by atoms with van der Waals surface area (Å²) < 4.78 is 26.8. The van der Waals surface area contributed by atoms with Gasteiger partial charge in [0.1, 0.15) is 11.6 Å². The minimum atomic E-state index is -0.719. The Kier molecular flexibility index (Phi) is 3.15. The van der Waals surface area contributed by atoms with Gasteiger partial charge in [0, 0.05) is 21.4 Å². The fraction of sp³-hybridized carbons (Fsp3) is 0.286. The molecule has 18 heavy (non-hydrogen) atoms. The summed E-state index contributed by atoms with van der Waals surface area (Å²) in [6, 6.07) is 6.00. The maximum absolute atomic E-state index is 13.7. The van der Waals surface area contributed by atoms with Crippen molar-refractivity contribution in [3.8, 4) is 10.4 Å². The second-order valence-electron chi connectivity index (χ2n) is 5.27. The molecular weight excluding hydrogens is 252 g/mol. The van der Waals surface area contributed by atoms with Gasteiger partial charge < -0.3 is 5.73 Å². The van der Waals surface area contributed by atoms with E-state index in [4.69, 9.17) is 5.73 Å². The third-order valence-corrected chi connectivity index (χ3v) is 4.24. The Balaban J connectivity index is 2.50. The summed E-state index contributed by atoms with van der Waals surface area (Å²) in [5, 5.41) is 0. The van der Waals surface area contributed by atoms with E-state index < -0.39 is 11.6 Å². The van der Waals surface area contributed by atoms with Crippen molar-refractivity contribution in [1.29, 1.82) is 0 Å². The number of hydrogen-bond acceptors (Lipinski definition) is 2. The Morgan fingerprint density at radius 3 is 2.28 bits per heavy atom. The van der Waals surface area contributed by atoms with Crippen molar-refractivity contribution in [2.45, 2.75) is 26.2 Å². The predicted molar refractivity (Wildman–Crippen MR) is 72.8 cm³/mol. The minimum Gasteiger partial charge on any atom is -0.396 e. The summed E-state index contributed by atoms with van der Waals surface area (Å²) >= 11 is 1.50. The molecule has 0 aliphatic heterocycles. The van der Waals surface area contributed by atoms with E-state index in [0.29, 0.717) is 5.56 Å². The van der Waals surface area contributed by atoms with Gasteiger partial charge >= 0.3 is 0 Å². The first kappa shape index (κ1) is 13.0. The molecule has 0 radical (unpaired) electrons. The molecule has 0 saturated carbocycles. The molecule has 0 aliphatic rings. The molecule has 0 amide bonds. The highest BCUT2D eigenvalue weighted by atomic mass is 32.1. The second-order valence-corrected chi connectivity index (χ2v) is 6.35. The smallest absolute Gasteiger partial charge is 0.149 e. The summed E-state index contributed by atoms with van der Waals surface area (Å²) in [5.41, 5.74) is 5.83. The summed E-state index contributed by atoms with van der Waals surface area (Å²) in [6.45, 7) is 6.29. The van der Waals surface area contributed by atoms with Crippen LogP contribution in [0.1, 0.15) is 25.6 Å². The largest absolute Gasteiger partial charge is 0.396 e. The van der Waals surface area contributed by atoms with Crippen molar-refractivity contribution in [2.24, 2.45) is 0 Å². The quantitative estimate of drug-likeness (QED) is 0.752. The van der Waals surface area contributed by atoms with Gasteiger partial charge in [0.05, 0.1) is 5.69 Å². The van der Waals surface area contributed by atoms with Crippen molar-refractivity contribution in [1.82, 2.24) is 0 Å². The molecule has 1 aromatic heterocycles. The fourth-order valence-corrected chi connectivity index (χ4v) is 2.72. The van der Waals surface area contributed by atoms with Crippen molar-refractivity contribution in [3.63, 3.8) is 0 Å². The number of anilines is 1. The molecule has 0 fully saturated rings. The summed E-state index contributed by atoms with van der Waals surface area (Å²) in [5.74, 6) is -1.30. The Labute approximate surface area is 109 Å². The zero-order valence-corrected chi connectivity index (χ0v) is 11.4. The molecule has 96 valence electrons. The zero-order chi connectivity index (χ0) is 13.5. The van der Waals surface area contributed by atoms with Crippen molar-refractivity contribution in [2.75, 3.05) is 5.73 Å². The number of rotatable bonds is 1. The fourth-order valence-electron chi connectivity index (χ4n) is 1.64. The van der Waals surface area contributed by atoms with Gasteiger partial charge in [-0.2, -0.15) is 0 Å². The molecule has 1 heterocycles. The molecule has 2 N–H and O–H groups in total. The third-order valence-electron chi connectivity index (χ3n) is 2.70. The van der Waals surface area contributed by atoms with E-state index in [-0.39, 0.29) is 11.1 Å². The average molecular weight is 267 g/mol. The number of nitrogens with two attached hydrogens (primary N) is 1. The first-order chi connectivity index (χ1) is 8.29. The maximum Gasteiger partial charge on any atom is 0.149 e. The van der Waals surface area contributed by atoms with Crippen LogP contribution in [0.3, 0.4) is 0 Å². The summed E-state index contributed by atoms with van der Waals surface area (Å²) in [4.78, 5) is 1.92. The maximum atomic E-state index is 13.7. The van der Waals surface area contributed by atoms with Gasteiger partial charge in [-0.15, -0.1) is 11.3 Å². The number of thiophene rings is 1. The van der Waals surface area contributed by atoms with Crippen LogP contribution in [0.15, 0.2) is 24.3 Å². The zero-order valence-electron chi connectivity index (χ0n) is 10.6. The summed E-state index contributed by atoms with van der Waals surface area (Å²) in [7, 11) is 0. The van der Waals surface area contributed by atoms with Crippen molar-refractivity contribution < 1.29 is 8.78 Å². The second kappa shape index (κ2) is 4.35. The highest BCUT2D eigenvalue weighted by molar-refractivity contribution is 7.15. The van der Waals surface area contributed by atoms with Crippen LogP contribution in [0.25, 0.3) is 10.4 Å². The van der Waals surface area contributed by atoms with Gasteiger partial charge in [-0.25, -0.2) is 8.78 Å². The van der Waals surface area contributed by atoms with E-state index in [1.807, 2.05) is 12.1 Å². The Morgan fingerprint density at radius 2 is 1.72 bits per heavy atom. The van der Waals surface area contributed by atoms with Crippen molar-refractivity contribution >= 4 is 17.0 Å². The predicted octanol–water partition coefficient (Wildman–Crippen LogP) is 4.57. The lowest BCUT2D eigenvalue weighted by atomic mass is 9.95. The molecule has 2 aromatic rings. The van der Waals surface area contributed by atoms with E-state index in [9.17, 15) is 8.78 Å². The highest BCUT2D eigenvalue weighted by Gasteiger charge is 2.18. The van der Waals surface area contributed by atoms with Crippen LogP contribution in [0.4, 0.5) is 14.5 Å². The molecule has 0 bridgehead atoms. The van der Waals surface area contributed by atoms with Gasteiger partial charge in [-0.3, -0.25) is 0 Å². The van der Waals surface area contributed by atoms with Crippen LogP contribution < -0.4 is 5.73 Å². The van der Waals surface area contributed by atoms with E-state index in [2.05, 4.69) is 20.8 Å².